The highest BCUT2D eigenvalue weighted by Crippen LogP contribution is 2.38. The van der Waals surface area contributed by atoms with Crippen LogP contribution < -0.4 is 4.89 Å². The molecule has 0 aliphatic rings. The van der Waals surface area contributed by atoms with Crippen molar-refractivity contribution in [2.45, 2.75) is 122 Å². The molecule has 0 heterocycles. The molecule has 3 atom stereocenters. The SMILES string of the molecule is CC/C=C\C/C=C\C/C=C\C/C=C\C/C=C\CCCC(=O)O[C@H](COC(=O)CC/C=C\C/C=C\C/C=C\C/C=C/C=C/C(O)C/C=C\CC)COP(=O)([O-])OCC[N+](C)(C)C. The predicted octanol–water partition coefficient (Wildman–Crippen LogP) is 11.0. The van der Waals surface area contributed by atoms with Gasteiger partial charge in [-0.25, -0.2) is 0 Å². The second-order valence-corrected chi connectivity index (χ2v) is 16.6. The summed E-state index contributed by atoms with van der Waals surface area (Å²) in [7, 11) is 1.04. The molecule has 0 radical (unpaired) electrons. The fraction of sp³-hybridized carbons (Fsp3) is 0.520. The summed E-state index contributed by atoms with van der Waals surface area (Å²) in [5.74, 6) is -1.04. The first-order valence-corrected chi connectivity index (χ1v) is 23.5. The monoisotopic (exact) mass is 868 g/mol. The minimum Gasteiger partial charge on any atom is -0.756 e. The van der Waals surface area contributed by atoms with Gasteiger partial charge in [-0.15, -0.1) is 0 Å². The maximum absolute atomic E-state index is 12.7. The lowest BCUT2D eigenvalue weighted by Gasteiger charge is -2.28. The first kappa shape index (κ1) is 57.1. The van der Waals surface area contributed by atoms with Gasteiger partial charge in [0.1, 0.15) is 19.8 Å². The van der Waals surface area contributed by atoms with Crippen LogP contribution in [0.4, 0.5) is 0 Å². The van der Waals surface area contributed by atoms with Crippen LogP contribution in [0.1, 0.15) is 110 Å². The Morgan fingerprint density at radius 1 is 0.607 bits per heavy atom. The molecule has 11 heteroatoms. The van der Waals surface area contributed by atoms with E-state index in [4.69, 9.17) is 18.5 Å². The first-order valence-electron chi connectivity index (χ1n) is 22.0. The quantitative estimate of drug-likeness (QED) is 0.0162. The second kappa shape index (κ2) is 40.2. The number of aliphatic hydroxyl groups is 1. The topological polar surface area (TPSA) is 131 Å². The van der Waals surface area contributed by atoms with Crippen molar-refractivity contribution in [1.82, 2.24) is 0 Å². The van der Waals surface area contributed by atoms with Crippen LogP contribution in [0.15, 0.2) is 134 Å². The number of allylic oxidation sites excluding steroid dienone is 20. The minimum atomic E-state index is -4.68. The Morgan fingerprint density at radius 2 is 1.10 bits per heavy atom. The molecule has 0 rings (SSSR count). The molecule has 0 bridgehead atoms. The zero-order valence-electron chi connectivity index (χ0n) is 37.9. The van der Waals surface area contributed by atoms with Crippen molar-refractivity contribution in [2.75, 3.05) is 47.5 Å². The fourth-order valence-electron chi connectivity index (χ4n) is 4.86. The zero-order valence-corrected chi connectivity index (χ0v) is 38.8. The molecule has 0 aromatic rings. The van der Waals surface area contributed by atoms with E-state index in [9.17, 15) is 24.2 Å². The molecule has 0 aromatic carbocycles. The smallest absolute Gasteiger partial charge is 0.306 e. The highest BCUT2D eigenvalue weighted by molar-refractivity contribution is 7.45. The van der Waals surface area contributed by atoms with E-state index in [1.165, 1.54) is 0 Å². The highest BCUT2D eigenvalue weighted by atomic mass is 31.2. The molecule has 0 aromatic heterocycles. The van der Waals surface area contributed by atoms with Crippen LogP contribution in [0.25, 0.3) is 0 Å². The van der Waals surface area contributed by atoms with Gasteiger partial charge in [-0.05, 0) is 83.5 Å². The Balaban J connectivity index is 4.64. The summed E-state index contributed by atoms with van der Waals surface area (Å²) in [5.41, 5.74) is 0. The van der Waals surface area contributed by atoms with Gasteiger partial charge in [0.2, 0.25) is 0 Å². The van der Waals surface area contributed by atoms with E-state index in [-0.39, 0.29) is 26.1 Å². The molecular weight excluding hydrogens is 790 g/mol. The molecule has 1 N–H and O–H groups in total. The van der Waals surface area contributed by atoms with E-state index in [0.29, 0.717) is 36.7 Å². The number of likely N-dealkylation sites (N-methyl/N-ethyl adjacent to an activating group) is 1. The number of quaternary nitrogens is 1. The summed E-state index contributed by atoms with van der Waals surface area (Å²) in [6, 6.07) is 0. The van der Waals surface area contributed by atoms with Gasteiger partial charge in [-0.1, -0.05) is 148 Å². The van der Waals surface area contributed by atoms with E-state index in [2.05, 4.69) is 86.8 Å². The number of esters is 2. The number of aliphatic hydroxyl groups excluding tert-OH is 1. The fourth-order valence-corrected chi connectivity index (χ4v) is 5.58. The van der Waals surface area contributed by atoms with Crippen LogP contribution in [0.2, 0.25) is 0 Å². The number of nitrogens with zero attached hydrogens (tertiary/aromatic N) is 1. The van der Waals surface area contributed by atoms with E-state index >= 15 is 0 Å². The largest absolute Gasteiger partial charge is 0.756 e. The van der Waals surface area contributed by atoms with Gasteiger partial charge < -0.3 is 33.0 Å². The lowest BCUT2D eigenvalue weighted by molar-refractivity contribution is -0.870. The first-order chi connectivity index (χ1) is 29.4. The van der Waals surface area contributed by atoms with Crippen LogP contribution in [-0.4, -0.2) is 81.2 Å². The Kier molecular flexibility index (Phi) is 37.6. The average molecular weight is 868 g/mol. The summed E-state index contributed by atoms with van der Waals surface area (Å²) >= 11 is 0. The molecule has 0 saturated heterocycles. The van der Waals surface area contributed by atoms with Crippen molar-refractivity contribution in [2.24, 2.45) is 0 Å². The molecule has 10 nitrogen and oxygen atoms in total. The Bertz CT molecular complexity index is 1510. The Hall–Kier alpha value is -3.89. The predicted molar refractivity (Wildman–Crippen MR) is 250 cm³/mol. The average Bonchev–Trinajstić information content (AvgIpc) is 3.21. The molecule has 0 aliphatic heterocycles. The van der Waals surface area contributed by atoms with Gasteiger partial charge in [0.25, 0.3) is 7.82 Å². The molecule has 0 amide bonds. The number of hydrogen-bond donors (Lipinski definition) is 1. The number of hydrogen-bond acceptors (Lipinski definition) is 9. The van der Waals surface area contributed by atoms with Gasteiger partial charge in [-0.2, -0.15) is 0 Å². The number of rotatable bonds is 37. The Labute approximate surface area is 369 Å². The summed E-state index contributed by atoms with van der Waals surface area (Å²) in [6.45, 7) is 3.69. The molecule has 0 aliphatic carbocycles. The van der Waals surface area contributed by atoms with Gasteiger partial charge in [0.05, 0.1) is 33.9 Å². The van der Waals surface area contributed by atoms with Crippen LogP contribution in [0.5, 0.6) is 0 Å². The Morgan fingerprint density at radius 3 is 1.64 bits per heavy atom. The lowest BCUT2D eigenvalue weighted by Crippen LogP contribution is -2.37. The number of ether oxygens (including phenoxy) is 2. The van der Waals surface area contributed by atoms with Gasteiger partial charge in [0, 0.05) is 12.8 Å². The highest BCUT2D eigenvalue weighted by Gasteiger charge is 2.21. The number of phosphoric ester groups is 1. The third-order valence-corrected chi connectivity index (χ3v) is 9.22. The molecule has 0 saturated carbocycles. The standard InChI is InChI=1S/C50H78NO9P/c1-6-8-10-11-12-13-14-15-16-17-18-21-25-28-31-34-38-42-50(54)60-48(46-59-61(55,56)58-44-43-51(3,4)5)45-57-49(53)41-37-33-30-27-24-22-19-20-23-26-29-32-36-40-47(52)39-35-9-7-2/h8-10,12-13,15-16,18,20-24,28-33,35-36,40,47-48,52H,6-7,11,14,17,19,25-27,34,37-39,41-46H2,1-5H3/b10-8-,13-12-,16-15-,21-18-,23-20-,24-22-,31-28-,32-29+,33-30-,35-9-,40-36+/t47?,48-/m1/s1. The van der Waals surface area contributed by atoms with Gasteiger partial charge in [0.15, 0.2) is 6.10 Å². The molecule has 0 fully saturated rings. The molecular formula is C50H78NO9P. The maximum atomic E-state index is 12.7. The zero-order chi connectivity index (χ0) is 45.1. The van der Waals surface area contributed by atoms with Crippen molar-refractivity contribution in [3.8, 4) is 0 Å². The number of phosphoric acid groups is 1. The van der Waals surface area contributed by atoms with Gasteiger partial charge >= 0.3 is 11.9 Å². The van der Waals surface area contributed by atoms with Crippen molar-refractivity contribution in [3.05, 3.63) is 134 Å². The van der Waals surface area contributed by atoms with E-state index in [1.54, 1.807) is 6.08 Å². The number of carbonyl (C=O) groups excluding carboxylic acids is 2. The van der Waals surface area contributed by atoms with Crippen molar-refractivity contribution in [1.29, 1.82) is 0 Å². The van der Waals surface area contributed by atoms with E-state index < -0.39 is 38.6 Å². The van der Waals surface area contributed by atoms with E-state index in [1.807, 2.05) is 75.8 Å². The molecule has 342 valence electrons. The normalized spacial score (nSPS) is 15.3. The molecule has 0 spiro atoms. The third-order valence-electron chi connectivity index (χ3n) is 8.26. The molecule has 2 unspecified atom stereocenters. The van der Waals surface area contributed by atoms with Crippen LogP contribution in [-0.2, 0) is 32.7 Å². The summed E-state index contributed by atoms with van der Waals surface area (Å²) in [4.78, 5) is 37.5. The number of unbranched alkanes of at least 4 members (excludes halogenated alkanes) is 1. The van der Waals surface area contributed by atoms with Gasteiger partial charge in [-0.3, -0.25) is 14.2 Å². The van der Waals surface area contributed by atoms with Crippen molar-refractivity contribution >= 4 is 19.8 Å². The maximum Gasteiger partial charge on any atom is 0.306 e. The summed E-state index contributed by atoms with van der Waals surface area (Å²) in [6.07, 6.45) is 54.1. The summed E-state index contributed by atoms with van der Waals surface area (Å²) in [5, 5.41) is 9.84. The second-order valence-electron chi connectivity index (χ2n) is 15.1. The number of carbonyl (C=O) groups is 2. The van der Waals surface area contributed by atoms with Crippen LogP contribution in [0, 0.1) is 0 Å². The third kappa shape index (κ3) is 44.0. The van der Waals surface area contributed by atoms with Crippen molar-refractivity contribution in [3.63, 3.8) is 0 Å². The molecule has 61 heavy (non-hydrogen) atoms. The van der Waals surface area contributed by atoms with Crippen molar-refractivity contribution < 1.29 is 47.2 Å². The summed E-state index contributed by atoms with van der Waals surface area (Å²) < 4.78 is 33.7. The van der Waals surface area contributed by atoms with Crippen LogP contribution in [0.3, 0.4) is 0 Å². The lowest BCUT2D eigenvalue weighted by atomic mass is 10.2. The minimum absolute atomic E-state index is 0.0679. The van der Waals surface area contributed by atoms with E-state index in [0.717, 1.165) is 57.8 Å². The van der Waals surface area contributed by atoms with Crippen LogP contribution >= 0.6 is 7.82 Å².